The number of alkyl halides is 3. The molecule has 3 amide bonds. The van der Waals surface area contributed by atoms with E-state index in [1.165, 1.54) is 30.8 Å². The summed E-state index contributed by atoms with van der Waals surface area (Å²) in [7, 11) is -3.67. The Balaban J connectivity index is 1.67. The first-order valence-electron chi connectivity index (χ1n) is 12.5. The van der Waals surface area contributed by atoms with Crippen molar-refractivity contribution < 1.29 is 45.4 Å². The van der Waals surface area contributed by atoms with Crippen LogP contribution in [0.4, 0.5) is 23.7 Å². The Labute approximate surface area is 239 Å². The fourth-order valence-electron chi connectivity index (χ4n) is 4.11. The highest BCUT2D eigenvalue weighted by Gasteiger charge is 2.33. The van der Waals surface area contributed by atoms with Gasteiger partial charge in [-0.1, -0.05) is 0 Å². The van der Waals surface area contributed by atoms with Crippen molar-refractivity contribution in [1.82, 2.24) is 10.6 Å². The minimum absolute atomic E-state index is 0.00829. The van der Waals surface area contributed by atoms with Crippen molar-refractivity contribution in [2.24, 2.45) is 5.92 Å². The van der Waals surface area contributed by atoms with Gasteiger partial charge in [0, 0.05) is 11.5 Å². The van der Waals surface area contributed by atoms with Crippen molar-refractivity contribution in [3.05, 3.63) is 53.6 Å². The van der Waals surface area contributed by atoms with Gasteiger partial charge in [0.15, 0.2) is 9.84 Å². The molecule has 0 unspecified atom stereocenters. The quantitative estimate of drug-likeness (QED) is 0.343. The van der Waals surface area contributed by atoms with Gasteiger partial charge in [-0.05, 0) is 68.0 Å². The molecule has 224 valence electrons. The molecule has 2 atom stereocenters. The highest BCUT2D eigenvalue weighted by molar-refractivity contribution is 7.98. The first-order valence-corrected chi connectivity index (χ1v) is 15.4. The van der Waals surface area contributed by atoms with E-state index in [9.17, 15) is 36.0 Å². The van der Waals surface area contributed by atoms with Gasteiger partial charge in [0.2, 0.25) is 5.91 Å². The average molecular weight is 618 g/mol. The zero-order chi connectivity index (χ0) is 30.2. The number of amides is 3. The van der Waals surface area contributed by atoms with E-state index in [1.54, 1.807) is 12.1 Å². The van der Waals surface area contributed by atoms with Crippen molar-refractivity contribution in [3.63, 3.8) is 0 Å². The monoisotopic (exact) mass is 617 g/mol. The molecule has 1 fully saturated rings. The van der Waals surface area contributed by atoms with Crippen molar-refractivity contribution >= 4 is 45.2 Å². The molecule has 41 heavy (non-hydrogen) atoms. The number of nitrogens with one attached hydrogen (secondary N) is 3. The summed E-state index contributed by atoms with van der Waals surface area (Å²) < 4.78 is 75.9. The van der Waals surface area contributed by atoms with E-state index < -0.39 is 63.6 Å². The van der Waals surface area contributed by atoms with Gasteiger partial charge >= 0.3 is 12.3 Å². The molecule has 10 nitrogen and oxygen atoms in total. The van der Waals surface area contributed by atoms with E-state index in [-0.39, 0.29) is 29.5 Å². The van der Waals surface area contributed by atoms with Gasteiger partial charge in [-0.15, -0.1) is 11.8 Å². The van der Waals surface area contributed by atoms with Gasteiger partial charge in [-0.25, -0.2) is 13.2 Å². The highest BCUT2D eigenvalue weighted by Crippen LogP contribution is 2.32. The van der Waals surface area contributed by atoms with Crippen molar-refractivity contribution in [3.8, 4) is 0 Å². The normalized spacial score (nSPS) is 17.4. The summed E-state index contributed by atoms with van der Waals surface area (Å²) in [6.45, 7) is 1.25. The van der Waals surface area contributed by atoms with E-state index in [4.69, 9.17) is 9.47 Å². The molecule has 0 aromatic heterocycles. The van der Waals surface area contributed by atoms with Gasteiger partial charge in [0.05, 0.1) is 53.3 Å². The summed E-state index contributed by atoms with van der Waals surface area (Å²) in [4.78, 5) is 38.3. The average Bonchev–Trinajstić information content (AvgIpc) is 2.92. The van der Waals surface area contributed by atoms with Gasteiger partial charge in [0.25, 0.3) is 5.91 Å². The molecule has 1 aliphatic rings. The smallest absolute Gasteiger partial charge is 0.416 e. The maximum atomic E-state index is 13.3. The molecule has 0 spiro atoms. The molecule has 0 aliphatic carbocycles. The number of sulfone groups is 1. The fraction of sp³-hybridized carbons (Fsp3) is 0.423. The predicted molar refractivity (Wildman–Crippen MR) is 146 cm³/mol. The summed E-state index contributed by atoms with van der Waals surface area (Å²) in [5, 5.41) is 7.10. The Morgan fingerprint density at radius 1 is 1.12 bits per heavy atom. The van der Waals surface area contributed by atoms with E-state index in [0.717, 1.165) is 11.0 Å². The van der Waals surface area contributed by atoms with Crippen LogP contribution < -0.4 is 16.0 Å². The lowest BCUT2D eigenvalue weighted by molar-refractivity contribution is -0.137. The van der Waals surface area contributed by atoms with Crippen LogP contribution in [0.2, 0.25) is 0 Å². The molecule has 0 saturated carbocycles. The predicted octanol–water partition coefficient (Wildman–Crippen LogP) is 3.72. The van der Waals surface area contributed by atoms with Crippen LogP contribution in [0.15, 0.2) is 52.3 Å². The van der Waals surface area contributed by atoms with Crippen LogP contribution in [-0.4, -0.2) is 70.7 Å². The fourth-order valence-corrected chi connectivity index (χ4v) is 6.22. The maximum absolute atomic E-state index is 13.3. The molecule has 3 rings (SSSR count). The topological polar surface area (TPSA) is 140 Å². The van der Waals surface area contributed by atoms with Gasteiger partial charge < -0.3 is 20.1 Å². The maximum Gasteiger partial charge on any atom is 0.416 e. The summed E-state index contributed by atoms with van der Waals surface area (Å²) in [6, 6.07) is 7.96. The molecule has 2 aromatic rings. The van der Waals surface area contributed by atoms with Crippen LogP contribution in [-0.2, 0) is 30.3 Å². The largest absolute Gasteiger partial charge is 0.450 e. The lowest BCUT2D eigenvalue weighted by atomic mass is 9.97. The van der Waals surface area contributed by atoms with Crippen LogP contribution in [0.25, 0.3) is 0 Å². The molecule has 0 radical (unpaired) electrons. The summed E-state index contributed by atoms with van der Waals surface area (Å²) in [6.07, 6.45) is -3.49. The van der Waals surface area contributed by atoms with E-state index in [1.807, 2.05) is 6.26 Å². The third kappa shape index (κ3) is 9.10. The number of carbonyl (C=O) groups is 3. The van der Waals surface area contributed by atoms with Crippen LogP contribution >= 0.6 is 11.8 Å². The lowest BCUT2D eigenvalue weighted by Crippen LogP contribution is -2.51. The Morgan fingerprint density at radius 2 is 1.83 bits per heavy atom. The Kier molecular flexibility index (Phi) is 11.0. The number of halogens is 3. The number of hydrogen-bond acceptors (Lipinski definition) is 8. The van der Waals surface area contributed by atoms with E-state index >= 15 is 0 Å². The number of rotatable bonds is 10. The standard InChI is InChI=1S/C26H30F3N3O7S2/c1-3-39-25(35)32-21-9-4-17(26(27,28)29)12-20(21)24(34)30-13-23(33)31-22-14-38-11-10-16(22)15-41(36,37)19-7-5-18(40-2)6-8-19/h4-9,12,16,22H,3,10-11,13-15H2,1-2H3,(H,30,34)(H,31,33)(H,32,35)/t16-,22-/m0/s1. The molecule has 15 heteroatoms. The minimum Gasteiger partial charge on any atom is -0.450 e. The number of thioether (sulfide) groups is 1. The first kappa shape index (κ1) is 32.2. The summed E-state index contributed by atoms with van der Waals surface area (Å²) in [5.74, 6) is -2.46. The molecule has 1 heterocycles. The molecule has 1 aliphatic heterocycles. The van der Waals surface area contributed by atoms with Gasteiger partial charge in [0.1, 0.15) is 0 Å². The molecule has 3 N–H and O–H groups in total. The SMILES string of the molecule is CCOC(=O)Nc1ccc(C(F)(F)F)cc1C(=O)NCC(=O)N[C@H]1COCC[C@H]1CS(=O)(=O)c1ccc(SC)cc1. The molecule has 2 aromatic carbocycles. The lowest BCUT2D eigenvalue weighted by Gasteiger charge is -2.32. The number of benzene rings is 2. The van der Waals surface area contributed by atoms with Crippen LogP contribution in [0.1, 0.15) is 29.3 Å². The molecule has 1 saturated heterocycles. The second kappa shape index (κ2) is 14.0. The number of carbonyl (C=O) groups excluding carboxylic acids is 3. The van der Waals surface area contributed by atoms with Crippen LogP contribution in [0.3, 0.4) is 0 Å². The minimum atomic E-state index is -4.76. The second-order valence-electron chi connectivity index (χ2n) is 9.04. The third-order valence-electron chi connectivity index (χ3n) is 6.21. The second-order valence-corrected chi connectivity index (χ2v) is 12.0. The zero-order valence-corrected chi connectivity index (χ0v) is 23.9. The van der Waals surface area contributed by atoms with Crippen LogP contribution in [0, 0.1) is 5.92 Å². The van der Waals surface area contributed by atoms with Gasteiger partial charge in [-0.3, -0.25) is 14.9 Å². The van der Waals surface area contributed by atoms with E-state index in [2.05, 4.69) is 16.0 Å². The molecular weight excluding hydrogens is 587 g/mol. The Hall–Kier alpha value is -3.30. The number of hydrogen-bond donors (Lipinski definition) is 3. The Bertz CT molecular complexity index is 1350. The zero-order valence-electron chi connectivity index (χ0n) is 22.2. The summed E-state index contributed by atoms with van der Waals surface area (Å²) in [5.41, 5.74) is -1.91. The third-order valence-corrected chi connectivity index (χ3v) is 8.81. The van der Waals surface area contributed by atoms with Crippen molar-refractivity contribution in [2.45, 2.75) is 35.4 Å². The van der Waals surface area contributed by atoms with E-state index in [0.29, 0.717) is 25.2 Å². The Morgan fingerprint density at radius 3 is 2.46 bits per heavy atom. The highest BCUT2D eigenvalue weighted by atomic mass is 32.2. The van der Waals surface area contributed by atoms with Crippen molar-refractivity contribution in [2.75, 3.05) is 43.7 Å². The first-order chi connectivity index (χ1) is 19.3. The van der Waals surface area contributed by atoms with Crippen LogP contribution in [0.5, 0.6) is 0 Å². The number of ether oxygens (including phenoxy) is 2. The molecular formula is C26H30F3N3O7S2. The number of anilines is 1. The molecule has 0 bridgehead atoms. The van der Waals surface area contributed by atoms with Gasteiger partial charge in [-0.2, -0.15) is 13.2 Å². The summed E-state index contributed by atoms with van der Waals surface area (Å²) >= 11 is 1.48. The van der Waals surface area contributed by atoms with Crippen molar-refractivity contribution in [1.29, 1.82) is 0 Å².